The smallest absolute Gasteiger partial charge is 0.246 e. The van der Waals surface area contributed by atoms with Crippen LogP contribution in [0.15, 0.2) is 23.1 Å². The second kappa shape index (κ2) is 7.96. The predicted molar refractivity (Wildman–Crippen MR) is 86.6 cm³/mol. The molecule has 1 heterocycles. The monoisotopic (exact) mass is 344 g/mol. The van der Waals surface area contributed by atoms with Gasteiger partial charge in [-0.2, -0.15) is 4.31 Å². The van der Waals surface area contributed by atoms with Crippen LogP contribution in [0.3, 0.4) is 0 Å². The standard InChI is InChI=1S/C15H24N2O5S/c1-20-11-10-16-6-8-17(9-7-16)23(18,19)15-12-13(21-2)4-5-14(15)22-3/h4-5,12H,6-11H2,1-3H3. The Morgan fingerprint density at radius 2 is 1.74 bits per heavy atom. The van der Waals surface area contributed by atoms with Gasteiger partial charge in [-0.1, -0.05) is 0 Å². The second-order valence-corrected chi connectivity index (χ2v) is 7.16. The maximum absolute atomic E-state index is 12.9. The summed E-state index contributed by atoms with van der Waals surface area (Å²) in [6.45, 7) is 3.74. The molecule has 1 fully saturated rings. The molecule has 2 rings (SSSR count). The molecule has 1 aromatic carbocycles. The summed E-state index contributed by atoms with van der Waals surface area (Å²) in [6.07, 6.45) is 0. The summed E-state index contributed by atoms with van der Waals surface area (Å²) in [5.41, 5.74) is 0. The minimum absolute atomic E-state index is 0.143. The van der Waals surface area contributed by atoms with Crippen molar-refractivity contribution in [3.63, 3.8) is 0 Å². The van der Waals surface area contributed by atoms with E-state index in [2.05, 4.69) is 4.90 Å². The molecule has 0 unspecified atom stereocenters. The van der Waals surface area contributed by atoms with E-state index in [1.165, 1.54) is 24.6 Å². The molecule has 0 atom stereocenters. The molecule has 0 spiro atoms. The summed E-state index contributed by atoms with van der Waals surface area (Å²) in [5.74, 6) is 0.815. The number of ether oxygens (including phenoxy) is 3. The number of methoxy groups -OCH3 is 3. The van der Waals surface area contributed by atoms with Crippen molar-refractivity contribution in [2.24, 2.45) is 0 Å². The zero-order valence-electron chi connectivity index (χ0n) is 13.8. The van der Waals surface area contributed by atoms with E-state index in [9.17, 15) is 8.42 Å². The second-order valence-electron chi connectivity index (χ2n) is 5.26. The average Bonchev–Trinajstić information content (AvgIpc) is 2.59. The van der Waals surface area contributed by atoms with Crippen LogP contribution in [0.5, 0.6) is 11.5 Å². The van der Waals surface area contributed by atoms with Gasteiger partial charge in [0.25, 0.3) is 0 Å². The minimum atomic E-state index is -3.61. The van der Waals surface area contributed by atoms with Crippen LogP contribution >= 0.6 is 0 Å². The molecular formula is C15H24N2O5S. The van der Waals surface area contributed by atoms with Crippen LogP contribution in [0.2, 0.25) is 0 Å². The summed E-state index contributed by atoms with van der Waals surface area (Å²) in [7, 11) is 1.02. The van der Waals surface area contributed by atoms with E-state index in [0.29, 0.717) is 44.3 Å². The van der Waals surface area contributed by atoms with Crippen molar-refractivity contribution in [3.05, 3.63) is 18.2 Å². The molecule has 1 aromatic rings. The fourth-order valence-electron chi connectivity index (χ4n) is 2.54. The first-order valence-electron chi connectivity index (χ1n) is 7.46. The Morgan fingerprint density at radius 3 is 2.30 bits per heavy atom. The Bertz CT molecular complexity index is 612. The molecule has 130 valence electrons. The molecule has 1 saturated heterocycles. The Balaban J connectivity index is 2.16. The quantitative estimate of drug-likeness (QED) is 0.724. The van der Waals surface area contributed by atoms with E-state index < -0.39 is 10.0 Å². The maximum Gasteiger partial charge on any atom is 0.246 e. The largest absolute Gasteiger partial charge is 0.497 e. The molecule has 8 heteroatoms. The van der Waals surface area contributed by atoms with Gasteiger partial charge in [-0.15, -0.1) is 0 Å². The zero-order valence-corrected chi connectivity index (χ0v) is 14.6. The van der Waals surface area contributed by atoms with Crippen molar-refractivity contribution in [3.8, 4) is 11.5 Å². The molecule has 0 aliphatic carbocycles. The van der Waals surface area contributed by atoms with Crippen molar-refractivity contribution in [2.45, 2.75) is 4.90 Å². The Kier molecular flexibility index (Phi) is 6.23. The van der Waals surface area contributed by atoms with Crippen LogP contribution in [-0.2, 0) is 14.8 Å². The molecule has 7 nitrogen and oxygen atoms in total. The number of hydrogen-bond donors (Lipinski definition) is 0. The fourth-order valence-corrected chi connectivity index (χ4v) is 4.13. The molecule has 0 aromatic heterocycles. The highest BCUT2D eigenvalue weighted by molar-refractivity contribution is 7.89. The highest BCUT2D eigenvalue weighted by atomic mass is 32.2. The molecule has 0 amide bonds. The molecule has 23 heavy (non-hydrogen) atoms. The summed E-state index contributed by atoms with van der Waals surface area (Å²) in [6, 6.07) is 4.80. The molecule has 1 aliphatic heterocycles. The van der Waals surface area contributed by atoms with Gasteiger partial charge in [0.15, 0.2) is 0 Å². The van der Waals surface area contributed by atoms with Gasteiger partial charge in [0.1, 0.15) is 16.4 Å². The highest BCUT2D eigenvalue weighted by Crippen LogP contribution is 2.30. The van der Waals surface area contributed by atoms with E-state index >= 15 is 0 Å². The molecule has 0 radical (unpaired) electrons. The van der Waals surface area contributed by atoms with Crippen molar-refractivity contribution in [1.29, 1.82) is 0 Å². The van der Waals surface area contributed by atoms with Crippen molar-refractivity contribution in [1.82, 2.24) is 9.21 Å². The van der Waals surface area contributed by atoms with Crippen LogP contribution in [-0.4, -0.2) is 78.3 Å². The molecule has 1 aliphatic rings. The lowest BCUT2D eigenvalue weighted by Crippen LogP contribution is -2.49. The van der Waals surface area contributed by atoms with Crippen LogP contribution < -0.4 is 9.47 Å². The number of benzene rings is 1. The van der Waals surface area contributed by atoms with E-state index in [-0.39, 0.29) is 4.90 Å². The first-order chi connectivity index (χ1) is 11.0. The number of hydrogen-bond acceptors (Lipinski definition) is 6. The van der Waals surface area contributed by atoms with Gasteiger partial charge in [-0.25, -0.2) is 8.42 Å². The summed E-state index contributed by atoms with van der Waals surface area (Å²) in [4.78, 5) is 2.34. The van der Waals surface area contributed by atoms with Gasteiger partial charge in [0.2, 0.25) is 10.0 Å². The van der Waals surface area contributed by atoms with Crippen molar-refractivity contribution < 1.29 is 22.6 Å². The summed E-state index contributed by atoms with van der Waals surface area (Å²) < 4.78 is 42.7. The molecule has 0 bridgehead atoms. The normalized spacial score (nSPS) is 17.2. The predicted octanol–water partition coefficient (Wildman–Crippen LogP) is 0.657. The van der Waals surface area contributed by atoms with Gasteiger partial charge in [-0.3, -0.25) is 4.90 Å². The van der Waals surface area contributed by atoms with Crippen molar-refractivity contribution in [2.75, 3.05) is 60.7 Å². The SMILES string of the molecule is COCCN1CCN(S(=O)(=O)c2cc(OC)ccc2OC)CC1. The third kappa shape index (κ3) is 4.14. The third-order valence-electron chi connectivity index (χ3n) is 3.93. The van der Waals surface area contributed by atoms with E-state index in [1.54, 1.807) is 19.2 Å². The number of rotatable bonds is 7. The van der Waals surface area contributed by atoms with Gasteiger partial charge >= 0.3 is 0 Å². The van der Waals surface area contributed by atoms with E-state index in [4.69, 9.17) is 14.2 Å². The van der Waals surface area contributed by atoms with Gasteiger partial charge in [0, 0.05) is 45.9 Å². The molecular weight excluding hydrogens is 320 g/mol. The third-order valence-corrected chi connectivity index (χ3v) is 5.85. The lowest BCUT2D eigenvalue weighted by atomic mass is 10.3. The van der Waals surface area contributed by atoms with Crippen LogP contribution in [0.25, 0.3) is 0 Å². The van der Waals surface area contributed by atoms with Gasteiger partial charge in [-0.05, 0) is 12.1 Å². The molecule has 0 N–H and O–H groups in total. The van der Waals surface area contributed by atoms with Crippen molar-refractivity contribution >= 4 is 10.0 Å². The average molecular weight is 344 g/mol. The lowest BCUT2D eigenvalue weighted by molar-refractivity contribution is 0.123. The summed E-state index contributed by atoms with van der Waals surface area (Å²) >= 11 is 0. The highest BCUT2D eigenvalue weighted by Gasteiger charge is 2.31. The zero-order chi connectivity index (χ0) is 16.9. The summed E-state index contributed by atoms with van der Waals surface area (Å²) in [5, 5.41) is 0. The first kappa shape index (κ1) is 18.0. The topological polar surface area (TPSA) is 68.3 Å². The van der Waals surface area contributed by atoms with Gasteiger partial charge < -0.3 is 14.2 Å². The number of nitrogens with zero attached hydrogens (tertiary/aromatic N) is 2. The van der Waals surface area contributed by atoms with Gasteiger partial charge in [0.05, 0.1) is 20.8 Å². The van der Waals surface area contributed by atoms with E-state index in [0.717, 1.165) is 6.54 Å². The van der Waals surface area contributed by atoms with Crippen LogP contribution in [0.4, 0.5) is 0 Å². The Morgan fingerprint density at radius 1 is 1.04 bits per heavy atom. The van der Waals surface area contributed by atoms with Crippen LogP contribution in [0, 0.1) is 0 Å². The lowest BCUT2D eigenvalue weighted by Gasteiger charge is -2.34. The van der Waals surface area contributed by atoms with E-state index in [1.807, 2.05) is 0 Å². The Labute approximate surface area is 137 Å². The fraction of sp³-hybridized carbons (Fsp3) is 0.600. The van der Waals surface area contributed by atoms with Crippen LogP contribution in [0.1, 0.15) is 0 Å². The maximum atomic E-state index is 12.9. The minimum Gasteiger partial charge on any atom is -0.497 e. The number of sulfonamides is 1. The molecule has 0 saturated carbocycles. The number of piperazine rings is 1. The Hall–Kier alpha value is -1.35. The first-order valence-corrected chi connectivity index (χ1v) is 8.90.